The second-order valence-electron chi connectivity index (χ2n) is 6.36. The maximum absolute atomic E-state index is 12.7. The molecule has 0 saturated carbocycles. The summed E-state index contributed by atoms with van der Waals surface area (Å²) in [5.74, 6) is 0.0582. The first-order valence-corrected chi connectivity index (χ1v) is 9.83. The van der Waals surface area contributed by atoms with E-state index in [1.807, 2.05) is 39.0 Å². The third kappa shape index (κ3) is 3.39. The number of aryl methyl sites for hydroxylation is 2. The number of nitrogens with zero attached hydrogens (tertiary/aromatic N) is 1. The molecular weight excluding hydrogens is 336 g/mol. The third-order valence-electron chi connectivity index (χ3n) is 4.50. The standard InChI is InChI=1S/C19H22N2O3S/c1-4-19(22)21-10-9-15-12-16(7-8-18(15)21)25(23,24)20-17-11-13(2)5-6-14(17)3/h5-8,11-12,20H,4,9-10H2,1-3H3. The largest absolute Gasteiger partial charge is 0.312 e. The molecule has 0 saturated heterocycles. The van der Waals surface area contributed by atoms with Gasteiger partial charge in [0, 0.05) is 18.7 Å². The van der Waals surface area contributed by atoms with Crippen molar-refractivity contribution in [2.75, 3.05) is 16.2 Å². The van der Waals surface area contributed by atoms with Crippen molar-refractivity contribution in [2.24, 2.45) is 0 Å². The molecule has 3 rings (SSSR count). The van der Waals surface area contributed by atoms with Gasteiger partial charge in [-0.3, -0.25) is 9.52 Å². The summed E-state index contributed by atoms with van der Waals surface area (Å²) in [6, 6.07) is 10.6. The maximum atomic E-state index is 12.7. The van der Waals surface area contributed by atoms with Crippen LogP contribution < -0.4 is 9.62 Å². The van der Waals surface area contributed by atoms with Crippen molar-refractivity contribution >= 4 is 27.3 Å². The van der Waals surface area contributed by atoms with Gasteiger partial charge in [-0.05, 0) is 61.2 Å². The van der Waals surface area contributed by atoms with E-state index in [0.29, 0.717) is 25.1 Å². The predicted molar refractivity (Wildman–Crippen MR) is 99.5 cm³/mol. The number of hydrogen-bond donors (Lipinski definition) is 1. The maximum Gasteiger partial charge on any atom is 0.261 e. The summed E-state index contributed by atoms with van der Waals surface area (Å²) in [7, 11) is -3.67. The fraction of sp³-hybridized carbons (Fsp3) is 0.316. The van der Waals surface area contributed by atoms with Crippen LogP contribution in [-0.2, 0) is 21.2 Å². The molecule has 2 aromatic rings. The molecule has 0 atom stereocenters. The fourth-order valence-corrected chi connectivity index (χ4v) is 4.22. The van der Waals surface area contributed by atoms with E-state index in [0.717, 1.165) is 22.4 Å². The van der Waals surface area contributed by atoms with E-state index in [9.17, 15) is 13.2 Å². The molecule has 6 heteroatoms. The Bertz CT molecular complexity index is 936. The summed E-state index contributed by atoms with van der Waals surface area (Å²) in [5.41, 5.74) is 4.16. The molecule has 0 aliphatic carbocycles. The average Bonchev–Trinajstić information content (AvgIpc) is 3.00. The van der Waals surface area contributed by atoms with Crippen LogP contribution in [0.4, 0.5) is 11.4 Å². The normalized spacial score (nSPS) is 13.6. The highest BCUT2D eigenvalue weighted by Gasteiger charge is 2.26. The van der Waals surface area contributed by atoms with Crippen LogP contribution in [0.1, 0.15) is 30.0 Å². The molecule has 0 unspecified atom stereocenters. The smallest absolute Gasteiger partial charge is 0.261 e. The molecule has 0 radical (unpaired) electrons. The monoisotopic (exact) mass is 358 g/mol. The van der Waals surface area contributed by atoms with E-state index in [-0.39, 0.29) is 10.8 Å². The number of carbonyl (C=O) groups excluding carboxylic acids is 1. The molecule has 132 valence electrons. The fourth-order valence-electron chi connectivity index (χ4n) is 3.04. The number of anilines is 2. The van der Waals surface area contributed by atoms with Crippen molar-refractivity contribution in [3.63, 3.8) is 0 Å². The lowest BCUT2D eigenvalue weighted by Gasteiger charge is -2.17. The van der Waals surface area contributed by atoms with Crippen molar-refractivity contribution < 1.29 is 13.2 Å². The molecule has 0 fully saturated rings. The molecule has 1 amide bonds. The lowest BCUT2D eigenvalue weighted by Crippen LogP contribution is -2.27. The Morgan fingerprint density at radius 3 is 2.64 bits per heavy atom. The van der Waals surface area contributed by atoms with Crippen LogP contribution in [0.25, 0.3) is 0 Å². The Kier molecular flexibility index (Phi) is 4.56. The lowest BCUT2D eigenvalue weighted by atomic mass is 10.1. The molecule has 5 nitrogen and oxygen atoms in total. The third-order valence-corrected chi connectivity index (χ3v) is 5.86. The van der Waals surface area contributed by atoms with E-state index in [4.69, 9.17) is 0 Å². The van der Waals surface area contributed by atoms with Gasteiger partial charge in [0.15, 0.2) is 0 Å². The van der Waals surface area contributed by atoms with Crippen LogP contribution in [-0.4, -0.2) is 20.9 Å². The second kappa shape index (κ2) is 6.52. The van der Waals surface area contributed by atoms with Crippen molar-refractivity contribution in [3.8, 4) is 0 Å². The zero-order valence-electron chi connectivity index (χ0n) is 14.7. The summed E-state index contributed by atoms with van der Waals surface area (Å²) in [4.78, 5) is 13.9. The van der Waals surface area contributed by atoms with Crippen LogP contribution in [0.5, 0.6) is 0 Å². The summed E-state index contributed by atoms with van der Waals surface area (Å²) in [5, 5.41) is 0. The molecule has 1 N–H and O–H groups in total. The summed E-state index contributed by atoms with van der Waals surface area (Å²) in [6.45, 7) is 6.23. The van der Waals surface area contributed by atoms with Gasteiger partial charge in [0.05, 0.1) is 10.6 Å². The molecule has 1 heterocycles. The second-order valence-corrected chi connectivity index (χ2v) is 8.05. The molecule has 2 aromatic carbocycles. The molecule has 25 heavy (non-hydrogen) atoms. The minimum Gasteiger partial charge on any atom is -0.312 e. The quantitative estimate of drug-likeness (QED) is 0.911. The first kappa shape index (κ1) is 17.5. The van der Waals surface area contributed by atoms with E-state index in [1.165, 1.54) is 0 Å². The van der Waals surface area contributed by atoms with Crippen LogP contribution in [0.15, 0.2) is 41.3 Å². The van der Waals surface area contributed by atoms with E-state index in [1.54, 1.807) is 23.1 Å². The number of benzene rings is 2. The number of fused-ring (bicyclic) bond motifs is 1. The molecule has 1 aliphatic heterocycles. The number of rotatable bonds is 4. The molecule has 0 spiro atoms. The molecular formula is C19H22N2O3S. The summed E-state index contributed by atoms with van der Waals surface area (Å²) in [6.07, 6.45) is 1.11. The van der Waals surface area contributed by atoms with Crippen molar-refractivity contribution in [1.82, 2.24) is 0 Å². The van der Waals surface area contributed by atoms with Gasteiger partial charge < -0.3 is 4.90 Å². The van der Waals surface area contributed by atoms with Crippen molar-refractivity contribution in [2.45, 2.75) is 38.5 Å². The number of sulfonamides is 1. The van der Waals surface area contributed by atoms with Crippen LogP contribution in [0.2, 0.25) is 0 Å². The minimum atomic E-state index is -3.67. The first-order valence-electron chi connectivity index (χ1n) is 8.35. The average molecular weight is 358 g/mol. The Balaban J connectivity index is 1.92. The highest BCUT2D eigenvalue weighted by atomic mass is 32.2. The number of amides is 1. The zero-order chi connectivity index (χ0) is 18.2. The van der Waals surface area contributed by atoms with Gasteiger partial charge in [0.1, 0.15) is 0 Å². The molecule has 0 aromatic heterocycles. The number of nitrogens with one attached hydrogen (secondary N) is 1. The first-order chi connectivity index (χ1) is 11.8. The zero-order valence-corrected chi connectivity index (χ0v) is 15.5. The van der Waals surface area contributed by atoms with Gasteiger partial charge in [-0.1, -0.05) is 19.1 Å². The predicted octanol–water partition coefficient (Wildman–Crippen LogP) is 3.40. The van der Waals surface area contributed by atoms with E-state index >= 15 is 0 Å². The summed E-state index contributed by atoms with van der Waals surface area (Å²) < 4.78 is 28.2. The van der Waals surface area contributed by atoms with Gasteiger partial charge in [-0.25, -0.2) is 8.42 Å². The van der Waals surface area contributed by atoms with Crippen LogP contribution >= 0.6 is 0 Å². The minimum absolute atomic E-state index is 0.0582. The van der Waals surface area contributed by atoms with Gasteiger partial charge in [-0.2, -0.15) is 0 Å². The van der Waals surface area contributed by atoms with Crippen molar-refractivity contribution in [3.05, 3.63) is 53.1 Å². The summed E-state index contributed by atoms with van der Waals surface area (Å²) >= 11 is 0. The van der Waals surface area contributed by atoms with Crippen molar-refractivity contribution in [1.29, 1.82) is 0 Å². The lowest BCUT2D eigenvalue weighted by molar-refractivity contribution is -0.118. The highest BCUT2D eigenvalue weighted by Crippen LogP contribution is 2.31. The Hall–Kier alpha value is -2.34. The van der Waals surface area contributed by atoms with Gasteiger partial charge >= 0.3 is 0 Å². The van der Waals surface area contributed by atoms with Gasteiger partial charge in [-0.15, -0.1) is 0 Å². The topological polar surface area (TPSA) is 66.5 Å². The van der Waals surface area contributed by atoms with E-state index in [2.05, 4.69) is 4.72 Å². The highest BCUT2D eigenvalue weighted by molar-refractivity contribution is 7.92. The Morgan fingerprint density at radius 1 is 1.16 bits per heavy atom. The molecule has 0 bridgehead atoms. The molecule has 1 aliphatic rings. The Labute approximate surface area is 148 Å². The van der Waals surface area contributed by atoms with Crippen LogP contribution in [0, 0.1) is 13.8 Å². The van der Waals surface area contributed by atoms with Crippen LogP contribution in [0.3, 0.4) is 0 Å². The number of hydrogen-bond acceptors (Lipinski definition) is 3. The van der Waals surface area contributed by atoms with E-state index < -0.39 is 10.0 Å². The SMILES string of the molecule is CCC(=O)N1CCc2cc(S(=O)(=O)Nc3cc(C)ccc3C)ccc21. The Morgan fingerprint density at radius 2 is 1.92 bits per heavy atom. The number of carbonyl (C=O) groups is 1. The van der Waals surface area contributed by atoms with Gasteiger partial charge in [0.25, 0.3) is 10.0 Å². The van der Waals surface area contributed by atoms with Gasteiger partial charge in [0.2, 0.25) is 5.91 Å².